The molecule has 0 spiro atoms. The van der Waals surface area contributed by atoms with Gasteiger partial charge in [-0.05, 0) is 12.1 Å². The van der Waals surface area contributed by atoms with Crippen molar-refractivity contribution in [2.45, 2.75) is 31.4 Å². The van der Waals surface area contributed by atoms with E-state index in [0.29, 0.717) is 13.1 Å². The second-order valence-corrected chi connectivity index (χ2v) is 5.73. The third-order valence-corrected chi connectivity index (χ3v) is 4.08. The van der Waals surface area contributed by atoms with Crippen LogP contribution in [0, 0.1) is 0 Å². The molecule has 2 fully saturated rings. The molecule has 0 aromatic heterocycles. The first kappa shape index (κ1) is 15.3. The van der Waals surface area contributed by atoms with E-state index in [1.54, 1.807) is 4.90 Å². The molecule has 122 valence electrons. The van der Waals surface area contributed by atoms with Crippen molar-refractivity contribution < 1.29 is 19.1 Å². The molecule has 0 radical (unpaired) electrons. The van der Waals surface area contributed by atoms with Gasteiger partial charge in [0.05, 0.1) is 6.42 Å². The summed E-state index contributed by atoms with van der Waals surface area (Å²) in [5, 5.41) is 4.57. The molecular weight excluding hydrogens is 298 g/mol. The van der Waals surface area contributed by atoms with Crippen LogP contribution in [0.25, 0.3) is 0 Å². The third kappa shape index (κ3) is 3.80. The van der Waals surface area contributed by atoms with Crippen LogP contribution in [0.2, 0.25) is 0 Å². The largest absolute Gasteiger partial charge is 0.490 e. The molecule has 23 heavy (non-hydrogen) atoms. The lowest BCUT2D eigenvalue weighted by molar-refractivity contribution is -0.135. The van der Waals surface area contributed by atoms with Crippen LogP contribution in [0.5, 0.6) is 5.75 Å². The van der Waals surface area contributed by atoms with Crippen molar-refractivity contribution in [1.29, 1.82) is 0 Å². The number of ether oxygens (including phenoxy) is 1. The minimum atomic E-state index is -0.756. The van der Waals surface area contributed by atoms with Crippen LogP contribution < -0.4 is 15.4 Å². The molecule has 2 aliphatic rings. The van der Waals surface area contributed by atoms with Gasteiger partial charge in [0.1, 0.15) is 17.9 Å². The number of amides is 4. The molecular formula is C16H19N3O4. The summed E-state index contributed by atoms with van der Waals surface area (Å²) in [7, 11) is 0. The van der Waals surface area contributed by atoms with Gasteiger partial charge >= 0.3 is 6.03 Å². The Balaban J connectivity index is 1.46. The number of rotatable bonds is 4. The van der Waals surface area contributed by atoms with Gasteiger partial charge in [-0.2, -0.15) is 0 Å². The van der Waals surface area contributed by atoms with Gasteiger partial charge in [0, 0.05) is 25.9 Å². The smallest absolute Gasteiger partial charge is 0.322 e. The number of imide groups is 1. The second kappa shape index (κ2) is 6.68. The third-order valence-electron chi connectivity index (χ3n) is 4.08. The molecule has 2 saturated heterocycles. The number of carbonyl (C=O) groups is 3. The van der Waals surface area contributed by atoms with E-state index in [4.69, 9.17) is 4.74 Å². The normalized spacial score (nSPS) is 21.7. The topological polar surface area (TPSA) is 87.7 Å². The van der Waals surface area contributed by atoms with Crippen LogP contribution in [-0.4, -0.2) is 48.0 Å². The van der Waals surface area contributed by atoms with E-state index in [1.807, 2.05) is 30.3 Å². The van der Waals surface area contributed by atoms with Gasteiger partial charge in [0.2, 0.25) is 5.91 Å². The van der Waals surface area contributed by atoms with Crippen molar-refractivity contribution in [3.63, 3.8) is 0 Å². The number of carbonyl (C=O) groups excluding carboxylic acids is 3. The first-order valence-electron chi connectivity index (χ1n) is 7.72. The number of urea groups is 1. The van der Waals surface area contributed by atoms with Crippen molar-refractivity contribution in [3.05, 3.63) is 30.3 Å². The number of nitrogens with one attached hydrogen (secondary N) is 2. The van der Waals surface area contributed by atoms with Gasteiger partial charge in [-0.1, -0.05) is 18.2 Å². The van der Waals surface area contributed by atoms with Gasteiger partial charge in [-0.25, -0.2) is 4.79 Å². The maximum absolute atomic E-state index is 12.2. The number of para-hydroxylation sites is 1. The zero-order valence-electron chi connectivity index (χ0n) is 12.7. The van der Waals surface area contributed by atoms with E-state index in [1.165, 1.54) is 0 Å². The van der Waals surface area contributed by atoms with E-state index in [0.717, 1.165) is 18.6 Å². The Hall–Kier alpha value is -2.57. The molecule has 3 rings (SSSR count). The predicted octanol–water partition coefficient (Wildman–Crippen LogP) is 0.654. The zero-order chi connectivity index (χ0) is 16.2. The van der Waals surface area contributed by atoms with Crippen molar-refractivity contribution in [2.24, 2.45) is 0 Å². The lowest BCUT2D eigenvalue weighted by atomic mass is 10.1. The van der Waals surface area contributed by atoms with Crippen LogP contribution in [0.1, 0.15) is 19.3 Å². The molecule has 7 heteroatoms. The number of hydrogen-bond acceptors (Lipinski definition) is 4. The van der Waals surface area contributed by atoms with E-state index in [2.05, 4.69) is 10.6 Å². The van der Waals surface area contributed by atoms with Crippen molar-refractivity contribution in [1.82, 2.24) is 15.5 Å². The Kier molecular flexibility index (Phi) is 4.45. The van der Waals surface area contributed by atoms with E-state index in [9.17, 15) is 14.4 Å². The molecule has 7 nitrogen and oxygen atoms in total. The highest BCUT2D eigenvalue weighted by Gasteiger charge is 2.33. The van der Waals surface area contributed by atoms with Crippen molar-refractivity contribution in [3.8, 4) is 5.75 Å². The highest BCUT2D eigenvalue weighted by Crippen LogP contribution is 2.19. The SMILES string of the molecule is O=C1NC(=O)[C@H](CC(=O)N2CCC(Oc3ccccc3)CC2)N1. The number of likely N-dealkylation sites (tertiary alicyclic amines) is 1. The Morgan fingerprint density at radius 1 is 1.17 bits per heavy atom. The first-order chi connectivity index (χ1) is 11.1. The summed E-state index contributed by atoms with van der Waals surface area (Å²) in [5.74, 6) is 0.277. The Morgan fingerprint density at radius 3 is 2.48 bits per heavy atom. The van der Waals surface area contributed by atoms with Gasteiger partial charge in [0.25, 0.3) is 5.91 Å². The van der Waals surface area contributed by atoms with Crippen molar-refractivity contribution >= 4 is 17.8 Å². The highest BCUT2D eigenvalue weighted by molar-refractivity contribution is 6.05. The monoisotopic (exact) mass is 317 g/mol. The van der Waals surface area contributed by atoms with Crippen molar-refractivity contribution in [2.75, 3.05) is 13.1 Å². The molecule has 2 N–H and O–H groups in total. The maximum atomic E-state index is 12.2. The van der Waals surface area contributed by atoms with Crippen LogP contribution in [0.3, 0.4) is 0 Å². The molecule has 0 aliphatic carbocycles. The van der Waals surface area contributed by atoms with E-state index >= 15 is 0 Å². The van der Waals surface area contributed by atoms with Crippen LogP contribution in [-0.2, 0) is 9.59 Å². The summed E-state index contributed by atoms with van der Waals surface area (Å²) >= 11 is 0. The zero-order valence-corrected chi connectivity index (χ0v) is 12.7. The van der Waals surface area contributed by atoms with Gasteiger partial charge in [0.15, 0.2) is 0 Å². The molecule has 0 saturated carbocycles. The maximum Gasteiger partial charge on any atom is 0.322 e. The lowest BCUT2D eigenvalue weighted by Crippen LogP contribution is -2.44. The fourth-order valence-corrected chi connectivity index (χ4v) is 2.82. The van der Waals surface area contributed by atoms with Gasteiger partial charge in [-0.15, -0.1) is 0 Å². The highest BCUT2D eigenvalue weighted by atomic mass is 16.5. The number of piperidine rings is 1. The molecule has 0 bridgehead atoms. The summed E-state index contributed by atoms with van der Waals surface area (Å²) in [5.41, 5.74) is 0. The summed E-state index contributed by atoms with van der Waals surface area (Å²) in [6.07, 6.45) is 1.60. The number of nitrogens with zero attached hydrogens (tertiary/aromatic N) is 1. The van der Waals surface area contributed by atoms with Gasteiger partial charge < -0.3 is 15.0 Å². The number of benzene rings is 1. The average Bonchev–Trinajstić information content (AvgIpc) is 2.86. The van der Waals surface area contributed by atoms with E-state index < -0.39 is 18.0 Å². The Labute approximate surface area is 134 Å². The average molecular weight is 317 g/mol. The first-order valence-corrected chi connectivity index (χ1v) is 7.72. The van der Waals surface area contributed by atoms with Gasteiger partial charge in [-0.3, -0.25) is 14.9 Å². The Morgan fingerprint density at radius 2 is 1.87 bits per heavy atom. The summed E-state index contributed by atoms with van der Waals surface area (Å²) < 4.78 is 5.89. The summed E-state index contributed by atoms with van der Waals surface area (Å²) in [4.78, 5) is 36.5. The quantitative estimate of drug-likeness (QED) is 0.798. The van der Waals surface area contributed by atoms with E-state index in [-0.39, 0.29) is 18.4 Å². The molecule has 1 atom stereocenters. The lowest BCUT2D eigenvalue weighted by Gasteiger charge is -2.32. The molecule has 2 aliphatic heterocycles. The van der Waals surface area contributed by atoms with Crippen LogP contribution >= 0.6 is 0 Å². The minimum absolute atomic E-state index is 0.00177. The molecule has 0 unspecified atom stereocenters. The molecule has 4 amide bonds. The second-order valence-electron chi connectivity index (χ2n) is 5.73. The molecule has 2 heterocycles. The number of hydrogen-bond donors (Lipinski definition) is 2. The molecule has 1 aromatic rings. The van der Waals surface area contributed by atoms with Crippen LogP contribution in [0.4, 0.5) is 4.79 Å². The minimum Gasteiger partial charge on any atom is -0.490 e. The Bertz CT molecular complexity index is 597. The fraction of sp³-hybridized carbons (Fsp3) is 0.438. The predicted molar refractivity (Wildman–Crippen MR) is 81.8 cm³/mol. The summed E-state index contributed by atoms with van der Waals surface area (Å²) in [6, 6.07) is 8.32. The standard InChI is InChI=1S/C16H19N3O4/c20-14(10-13-15(21)18-16(22)17-13)19-8-6-12(7-9-19)23-11-4-2-1-3-5-11/h1-5,12-13H,6-10H2,(H2,17,18,21,22)/t13-/m0/s1. The fourth-order valence-electron chi connectivity index (χ4n) is 2.82. The molecule has 1 aromatic carbocycles. The van der Waals surface area contributed by atoms with Crippen LogP contribution in [0.15, 0.2) is 30.3 Å². The summed E-state index contributed by atoms with van der Waals surface area (Å²) in [6.45, 7) is 1.19.